The molecule has 0 unspecified atom stereocenters. The molecule has 7 nitrogen and oxygen atoms in total. The third-order valence-electron chi connectivity index (χ3n) is 3.93. The Hall–Kier alpha value is -3.66. The van der Waals surface area contributed by atoms with Gasteiger partial charge in [-0.05, 0) is 24.3 Å². The molecule has 0 spiro atoms. The zero-order valence-electron chi connectivity index (χ0n) is 14.4. The average Bonchev–Trinajstić information content (AvgIpc) is 3.31. The third kappa shape index (κ3) is 3.96. The lowest BCUT2D eigenvalue weighted by atomic mass is 10.1. The molecule has 1 N–H and O–H groups in total. The van der Waals surface area contributed by atoms with Gasteiger partial charge in [-0.15, -0.1) is 0 Å². The van der Waals surface area contributed by atoms with Gasteiger partial charge in [0.15, 0.2) is 17.1 Å². The molecular weight excluding hydrogens is 348 g/mol. The maximum atomic E-state index is 12.0. The van der Waals surface area contributed by atoms with Crippen LogP contribution >= 0.6 is 0 Å². The van der Waals surface area contributed by atoms with Gasteiger partial charge in [-0.1, -0.05) is 29.1 Å². The fourth-order valence-electron chi connectivity index (χ4n) is 2.62. The fraction of sp³-hybridized carbons (Fsp3) is 0.200. The van der Waals surface area contributed by atoms with Gasteiger partial charge in [0.1, 0.15) is 18.1 Å². The normalized spacial score (nSPS) is 11.7. The number of benzene rings is 2. The first-order chi connectivity index (χ1) is 13.3. The number of carbonyl (C=O) groups is 1. The van der Waals surface area contributed by atoms with Crippen LogP contribution in [0.4, 0.5) is 0 Å². The molecule has 1 aliphatic heterocycles. The van der Waals surface area contributed by atoms with Crippen LogP contribution in [-0.4, -0.2) is 31.0 Å². The van der Waals surface area contributed by atoms with Crippen LogP contribution in [-0.2, 0) is 11.2 Å². The molecule has 4 rings (SSSR count). The van der Waals surface area contributed by atoms with E-state index in [9.17, 15) is 4.79 Å². The van der Waals surface area contributed by atoms with Crippen molar-refractivity contribution in [2.24, 2.45) is 0 Å². The third-order valence-corrected chi connectivity index (χ3v) is 3.93. The molecule has 0 atom stereocenters. The van der Waals surface area contributed by atoms with Crippen molar-refractivity contribution in [3.63, 3.8) is 0 Å². The predicted molar refractivity (Wildman–Crippen MR) is 96.6 cm³/mol. The Balaban J connectivity index is 1.21. The largest absolute Gasteiger partial charge is 0.481 e. The van der Waals surface area contributed by atoms with Gasteiger partial charge in [0, 0.05) is 11.5 Å². The van der Waals surface area contributed by atoms with E-state index < -0.39 is 0 Å². The number of rotatable bonds is 5. The molecule has 0 fully saturated rings. The first-order valence-electron chi connectivity index (χ1n) is 8.38. The molecule has 2 heterocycles. The van der Waals surface area contributed by atoms with E-state index in [4.69, 9.17) is 18.7 Å². The topological polar surface area (TPSA) is 82.8 Å². The number of ether oxygens (including phenoxy) is 3. The summed E-state index contributed by atoms with van der Waals surface area (Å²) in [6.45, 7) is 0.672. The molecular formula is C20H16N2O5. The SMILES string of the molecule is O=C(Cc1noc2ccccc12)NCC#CCOc1ccc2c(c1)OCO2. The monoisotopic (exact) mass is 364 g/mol. The number of para-hydroxylation sites is 1. The van der Waals surface area contributed by atoms with Gasteiger partial charge in [0.2, 0.25) is 12.7 Å². The van der Waals surface area contributed by atoms with Crippen LogP contribution in [0.5, 0.6) is 17.2 Å². The number of amides is 1. The van der Waals surface area contributed by atoms with Gasteiger partial charge < -0.3 is 24.1 Å². The zero-order chi connectivity index (χ0) is 18.5. The van der Waals surface area contributed by atoms with Gasteiger partial charge in [-0.25, -0.2) is 0 Å². The van der Waals surface area contributed by atoms with E-state index >= 15 is 0 Å². The van der Waals surface area contributed by atoms with Crippen LogP contribution in [0.2, 0.25) is 0 Å². The van der Waals surface area contributed by atoms with Crippen molar-refractivity contribution >= 4 is 16.9 Å². The van der Waals surface area contributed by atoms with Gasteiger partial charge in [-0.3, -0.25) is 4.79 Å². The van der Waals surface area contributed by atoms with Crippen molar-refractivity contribution in [3.05, 3.63) is 48.2 Å². The number of carbonyl (C=O) groups excluding carboxylic acids is 1. The second-order valence-electron chi connectivity index (χ2n) is 5.74. The standard InChI is InChI=1S/C20H16N2O5/c23-20(12-16-15-5-1-2-6-17(15)27-22-16)21-9-3-4-10-24-14-7-8-18-19(11-14)26-13-25-18/h1-2,5-8,11H,9-10,12-13H2,(H,21,23). The second-order valence-corrected chi connectivity index (χ2v) is 5.74. The molecule has 7 heteroatoms. The Morgan fingerprint density at radius 3 is 3.00 bits per heavy atom. The highest BCUT2D eigenvalue weighted by molar-refractivity contribution is 5.86. The van der Waals surface area contributed by atoms with E-state index in [1.165, 1.54) is 0 Å². The first-order valence-corrected chi connectivity index (χ1v) is 8.38. The summed E-state index contributed by atoms with van der Waals surface area (Å²) >= 11 is 0. The molecule has 1 amide bonds. The maximum Gasteiger partial charge on any atom is 0.231 e. The Morgan fingerprint density at radius 1 is 1.15 bits per heavy atom. The summed E-state index contributed by atoms with van der Waals surface area (Å²) in [6, 6.07) is 12.8. The minimum absolute atomic E-state index is 0.145. The van der Waals surface area contributed by atoms with E-state index in [-0.39, 0.29) is 32.3 Å². The van der Waals surface area contributed by atoms with Gasteiger partial charge >= 0.3 is 0 Å². The van der Waals surface area contributed by atoms with Gasteiger partial charge in [0.05, 0.1) is 13.0 Å². The molecule has 0 aliphatic carbocycles. The summed E-state index contributed by atoms with van der Waals surface area (Å²) in [5, 5.41) is 7.52. The van der Waals surface area contributed by atoms with Crippen LogP contribution < -0.4 is 19.5 Å². The minimum Gasteiger partial charge on any atom is -0.481 e. The molecule has 3 aromatic rings. The van der Waals surface area contributed by atoms with E-state index in [1.54, 1.807) is 18.2 Å². The van der Waals surface area contributed by atoms with Crippen molar-refractivity contribution in [2.75, 3.05) is 19.9 Å². The molecule has 27 heavy (non-hydrogen) atoms. The molecule has 0 radical (unpaired) electrons. The molecule has 1 aliphatic rings. The first kappa shape index (κ1) is 16.8. The molecule has 1 aromatic heterocycles. The summed E-state index contributed by atoms with van der Waals surface area (Å²) in [6.07, 6.45) is 0.145. The summed E-state index contributed by atoms with van der Waals surface area (Å²) in [7, 11) is 0. The van der Waals surface area contributed by atoms with Crippen molar-refractivity contribution in [2.45, 2.75) is 6.42 Å². The molecule has 0 saturated carbocycles. The van der Waals surface area contributed by atoms with Crippen LogP contribution in [0.3, 0.4) is 0 Å². The van der Waals surface area contributed by atoms with Crippen molar-refractivity contribution in [1.29, 1.82) is 0 Å². The Labute approximate surface area is 155 Å². The predicted octanol–water partition coefficient (Wildman–Crippen LogP) is 2.30. The van der Waals surface area contributed by atoms with Crippen molar-refractivity contribution in [3.8, 4) is 29.1 Å². The smallest absolute Gasteiger partial charge is 0.231 e. The van der Waals surface area contributed by atoms with E-state index in [0.29, 0.717) is 28.5 Å². The Kier molecular flexibility index (Phi) is 4.79. The Bertz CT molecular complexity index is 1030. The molecule has 0 bridgehead atoms. The van der Waals surface area contributed by atoms with Gasteiger partial charge in [-0.2, -0.15) is 0 Å². The average molecular weight is 364 g/mol. The van der Waals surface area contributed by atoms with E-state index in [2.05, 4.69) is 22.3 Å². The molecule has 136 valence electrons. The molecule has 0 saturated heterocycles. The van der Waals surface area contributed by atoms with Crippen LogP contribution in [0, 0.1) is 11.8 Å². The van der Waals surface area contributed by atoms with Crippen molar-refractivity contribution < 1.29 is 23.5 Å². The lowest BCUT2D eigenvalue weighted by molar-refractivity contribution is -0.120. The number of hydrogen-bond donors (Lipinski definition) is 1. The summed E-state index contributed by atoms with van der Waals surface area (Å²) in [5.74, 6) is 7.55. The molecule has 2 aromatic carbocycles. The second kappa shape index (κ2) is 7.70. The summed E-state index contributed by atoms with van der Waals surface area (Å²) < 4.78 is 21.2. The zero-order valence-corrected chi connectivity index (χ0v) is 14.4. The van der Waals surface area contributed by atoms with E-state index in [1.807, 2.05) is 24.3 Å². The number of nitrogens with one attached hydrogen (secondary N) is 1. The minimum atomic E-state index is -0.167. The highest BCUT2D eigenvalue weighted by atomic mass is 16.7. The number of hydrogen-bond acceptors (Lipinski definition) is 6. The summed E-state index contributed by atoms with van der Waals surface area (Å²) in [5.41, 5.74) is 1.28. The number of aromatic nitrogens is 1. The highest BCUT2D eigenvalue weighted by Crippen LogP contribution is 2.34. The quantitative estimate of drug-likeness (QED) is 0.700. The number of nitrogens with zero attached hydrogens (tertiary/aromatic N) is 1. The number of fused-ring (bicyclic) bond motifs is 2. The van der Waals surface area contributed by atoms with E-state index in [0.717, 1.165) is 5.39 Å². The highest BCUT2D eigenvalue weighted by Gasteiger charge is 2.13. The van der Waals surface area contributed by atoms with Gasteiger partial charge in [0.25, 0.3) is 0 Å². The van der Waals surface area contributed by atoms with Crippen LogP contribution in [0.25, 0.3) is 11.0 Å². The summed E-state index contributed by atoms with van der Waals surface area (Å²) in [4.78, 5) is 12.0. The van der Waals surface area contributed by atoms with Crippen LogP contribution in [0.1, 0.15) is 5.69 Å². The lowest BCUT2D eigenvalue weighted by Gasteiger charge is -2.03. The van der Waals surface area contributed by atoms with Crippen molar-refractivity contribution in [1.82, 2.24) is 10.5 Å². The maximum absolute atomic E-state index is 12.0. The Morgan fingerprint density at radius 2 is 2.04 bits per heavy atom. The van der Waals surface area contributed by atoms with Crippen LogP contribution in [0.15, 0.2) is 47.0 Å². The fourth-order valence-corrected chi connectivity index (χ4v) is 2.62. The lowest BCUT2D eigenvalue weighted by Crippen LogP contribution is -2.25.